The van der Waals surface area contributed by atoms with Crippen LogP contribution in [0.2, 0.25) is 0 Å². The molecule has 162 valence electrons. The lowest BCUT2D eigenvalue weighted by Crippen LogP contribution is -2.55. The molecule has 0 unspecified atom stereocenters. The van der Waals surface area contributed by atoms with E-state index in [2.05, 4.69) is 37.6 Å². The van der Waals surface area contributed by atoms with Crippen molar-refractivity contribution in [2.24, 2.45) is 0 Å². The van der Waals surface area contributed by atoms with Crippen LogP contribution in [0.5, 0.6) is 0 Å². The van der Waals surface area contributed by atoms with E-state index in [4.69, 9.17) is 15.5 Å². The normalized spacial score (nSPS) is 22.8. The van der Waals surface area contributed by atoms with Gasteiger partial charge in [0.2, 0.25) is 0 Å². The Morgan fingerprint density at radius 3 is 2.78 bits per heavy atom. The number of pyridine rings is 2. The number of rotatable bonds is 6. The van der Waals surface area contributed by atoms with Crippen molar-refractivity contribution in [2.75, 3.05) is 17.2 Å². The number of hydrogen-bond donors (Lipinski definition) is 2. The highest BCUT2D eigenvalue weighted by Gasteiger charge is 2.38. The second-order valence-corrected chi connectivity index (χ2v) is 9.42. The Kier molecular flexibility index (Phi) is 5.85. The zero-order valence-electron chi connectivity index (χ0n) is 17.7. The number of fused-ring (bicyclic) bond motifs is 3. The lowest BCUT2D eigenvalue weighted by Gasteiger charge is -2.49. The summed E-state index contributed by atoms with van der Waals surface area (Å²) < 4.78 is 0. The molecule has 0 amide bonds. The Morgan fingerprint density at radius 1 is 1.19 bits per heavy atom. The van der Waals surface area contributed by atoms with Gasteiger partial charge in [-0.05, 0) is 37.8 Å². The number of nitrogens with zero attached hydrogens (tertiary/aromatic N) is 6. The standard InChI is InChI=1S/C23H24N8S/c24-7-3-9-31-16-4-1-5-17(31)11-15(10-16)28-22-19-6-2-8-26-20(19)12-21(29-22)30-23-27-14-18(13-25)32-23/h2,6,8,12,14-17H,1,3-5,9-11H2,(H2,27,28,29,30)/t15-,16-,17+. The van der Waals surface area contributed by atoms with E-state index in [-0.39, 0.29) is 0 Å². The molecular formula is C23H24N8S. The van der Waals surface area contributed by atoms with Gasteiger partial charge in [-0.25, -0.2) is 9.97 Å². The highest BCUT2D eigenvalue weighted by Crippen LogP contribution is 2.36. The Bertz CT molecular complexity index is 1180. The predicted molar refractivity (Wildman–Crippen MR) is 125 cm³/mol. The maximum absolute atomic E-state index is 9.06. The number of thiazole rings is 1. The molecule has 0 saturated carbocycles. The van der Waals surface area contributed by atoms with Gasteiger partial charge in [0.25, 0.3) is 0 Å². The molecule has 0 aliphatic carbocycles. The monoisotopic (exact) mass is 444 g/mol. The molecule has 2 saturated heterocycles. The maximum Gasteiger partial charge on any atom is 0.189 e. The van der Waals surface area contributed by atoms with Crippen molar-refractivity contribution in [2.45, 2.75) is 56.7 Å². The molecular weight excluding hydrogens is 420 g/mol. The highest BCUT2D eigenvalue weighted by atomic mass is 32.1. The molecule has 2 N–H and O–H groups in total. The van der Waals surface area contributed by atoms with Crippen LogP contribution in [0.3, 0.4) is 0 Å². The molecule has 2 aliphatic rings. The van der Waals surface area contributed by atoms with Gasteiger partial charge in [-0.2, -0.15) is 10.5 Å². The Morgan fingerprint density at radius 2 is 2.03 bits per heavy atom. The third-order valence-electron chi connectivity index (χ3n) is 6.40. The second-order valence-electron chi connectivity index (χ2n) is 8.39. The van der Waals surface area contributed by atoms with Crippen LogP contribution in [0.1, 0.15) is 43.4 Å². The van der Waals surface area contributed by atoms with Crippen molar-refractivity contribution in [3.05, 3.63) is 35.5 Å². The molecule has 3 aromatic rings. The molecule has 32 heavy (non-hydrogen) atoms. The van der Waals surface area contributed by atoms with Crippen molar-refractivity contribution in [1.29, 1.82) is 10.5 Å². The molecule has 3 aromatic heterocycles. The molecule has 2 aliphatic heterocycles. The Balaban J connectivity index is 1.39. The molecule has 5 heterocycles. The Labute approximate surface area is 190 Å². The molecule has 2 fully saturated rings. The van der Waals surface area contributed by atoms with Crippen molar-refractivity contribution in [3.63, 3.8) is 0 Å². The first-order chi connectivity index (χ1) is 15.7. The van der Waals surface area contributed by atoms with Crippen molar-refractivity contribution in [3.8, 4) is 12.1 Å². The van der Waals surface area contributed by atoms with E-state index < -0.39 is 0 Å². The van der Waals surface area contributed by atoms with Crippen LogP contribution in [0.15, 0.2) is 30.6 Å². The fourth-order valence-electron chi connectivity index (χ4n) is 5.08. The third kappa shape index (κ3) is 4.22. The summed E-state index contributed by atoms with van der Waals surface area (Å²) in [5, 5.41) is 26.7. The van der Waals surface area contributed by atoms with Gasteiger partial charge in [-0.3, -0.25) is 9.88 Å². The molecule has 9 heteroatoms. The van der Waals surface area contributed by atoms with Gasteiger partial charge < -0.3 is 10.6 Å². The van der Waals surface area contributed by atoms with Crippen LogP contribution in [-0.2, 0) is 0 Å². The van der Waals surface area contributed by atoms with Crippen molar-refractivity contribution < 1.29 is 0 Å². The summed E-state index contributed by atoms with van der Waals surface area (Å²) in [7, 11) is 0. The highest BCUT2D eigenvalue weighted by molar-refractivity contribution is 7.16. The van der Waals surface area contributed by atoms with E-state index in [1.165, 1.54) is 30.6 Å². The second kappa shape index (κ2) is 9.07. The largest absolute Gasteiger partial charge is 0.367 e. The zero-order chi connectivity index (χ0) is 21.9. The van der Waals surface area contributed by atoms with E-state index in [9.17, 15) is 0 Å². The summed E-state index contributed by atoms with van der Waals surface area (Å²) in [6.07, 6.45) is 9.72. The van der Waals surface area contributed by atoms with Gasteiger partial charge in [0.15, 0.2) is 5.13 Å². The van der Waals surface area contributed by atoms with Gasteiger partial charge in [0.1, 0.15) is 22.6 Å². The molecule has 8 nitrogen and oxygen atoms in total. The lowest BCUT2D eigenvalue weighted by atomic mass is 9.81. The minimum Gasteiger partial charge on any atom is -0.367 e. The number of anilines is 3. The third-order valence-corrected chi connectivity index (χ3v) is 7.22. The summed E-state index contributed by atoms with van der Waals surface area (Å²) in [6.45, 7) is 0.877. The van der Waals surface area contributed by atoms with Crippen molar-refractivity contribution in [1.82, 2.24) is 19.9 Å². The molecule has 2 bridgehead atoms. The molecule has 0 aromatic carbocycles. The van der Waals surface area contributed by atoms with Crippen LogP contribution in [-0.4, -0.2) is 44.5 Å². The SMILES string of the molecule is N#CCCN1[C@@H]2CCC[C@H]1C[C@H](Nc1nc(Nc3ncc(C#N)s3)cc3ncccc13)C2. The topological polar surface area (TPSA) is 114 Å². The fourth-order valence-corrected chi connectivity index (χ4v) is 5.70. The maximum atomic E-state index is 9.06. The number of piperidine rings is 2. The number of nitrogens with one attached hydrogen (secondary N) is 2. The minimum atomic E-state index is 0.333. The quantitative estimate of drug-likeness (QED) is 0.575. The molecule has 5 rings (SSSR count). The summed E-state index contributed by atoms with van der Waals surface area (Å²) in [6, 6.07) is 11.7. The minimum absolute atomic E-state index is 0.333. The van der Waals surface area contributed by atoms with Gasteiger partial charge in [-0.15, -0.1) is 0 Å². The van der Waals surface area contributed by atoms with Gasteiger partial charge in [0, 0.05) is 48.7 Å². The first-order valence-corrected chi connectivity index (χ1v) is 11.8. The van der Waals surface area contributed by atoms with Crippen LogP contribution in [0.4, 0.5) is 16.8 Å². The molecule has 3 atom stereocenters. The van der Waals surface area contributed by atoms with E-state index in [0.717, 1.165) is 36.1 Å². The summed E-state index contributed by atoms with van der Waals surface area (Å²) in [5.74, 6) is 1.48. The van der Waals surface area contributed by atoms with Crippen LogP contribution < -0.4 is 10.6 Å². The lowest BCUT2D eigenvalue weighted by molar-refractivity contribution is 0.0370. The fraction of sp³-hybridized carbons (Fsp3) is 0.435. The smallest absolute Gasteiger partial charge is 0.189 e. The summed E-state index contributed by atoms with van der Waals surface area (Å²) in [4.78, 5) is 16.8. The first kappa shape index (κ1) is 20.6. The van der Waals surface area contributed by atoms with Crippen LogP contribution in [0, 0.1) is 22.7 Å². The molecule has 0 spiro atoms. The predicted octanol–water partition coefficient (Wildman–Crippen LogP) is 4.41. The average Bonchev–Trinajstić information content (AvgIpc) is 3.25. The van der Waals surface area contributed by atoms with Crippen molar-refractivity contribution >= 4 is 39.0 Å². The van der Waals surface area contributed by atoms with Gasteiger partial charge in [0.05, 0.1) is 17.8 Å². The van der Waals surface area contributed by atoms with Gasteiger partial charge >= 0.3 is 0 Å². The summed E-state index contributed by atoms with van der Waals surface area (Å²) >= 11 is 1.30. The van der Waals surface area contributed by atoms with E-state index in [0.29, 0.717) is 40.4 Å². The summed E-state index contributed by atoms with van der Waals surface area (Å²) in [5.41, 5.74) is 0.858. The number of aromatic nitrogens is 3. The zero-order valence-corrected chi connectivity index (χ0v) is 18.5. The number of hydrogen-bond acceptors (Lipinski definition) is 9. The number of nitriles is 2. The Hall–Kier alpha value is -3.27. The van der Waals surface area contributed by atoms with Crippen LogP contribution >= 0.6 is 11.3 Å². The van der Waals surface area contributed by atoms with E-state index >= 15 is 0 Å². The van der Waals surface area contributed by atoms with Crippen LogP contribution in [0.25, 0.3) is 10.9 Å². The van der Waals surface area contributed by atoms with Gasteiger partial charge in [-0.1, -0.05) is 17.8 Å². The molecule has 0 radical (unpaired) electrons. The average molecular weight is 445 g/mol. The first-order valence-electron chi connectivity index (χ1n) is 11.0. The van der Waals surface area contributed by atoms with E-state index in [1.807, 2.05) is 18.2 Å². The van der Waals surface area contributed by atoms with E-state index in [1.54, 1.807) is 12.4 Å².